The quantitative estimate of drug-likeness (QED) is 0.814. The molecule has 1 aromatic rings. The number of nitrogens with one attached hydrogen (secondary N) is 1. The van der Waals surface area contributed by atoms with E-state index >= 15 is 0 Å². The third-order valence-electron chi connectivity index (χ3n) is 3.35. The van der Waals surface area contributed by atoms with E-state index in [4.69, 9.17) is 0 Å². The first-order valence-corrected chi connectivity index (χ1v) is 5.86. The van der Waals surface area contributed by atoms with Crippen molar-refractivity contribution in [3.05, 3.63) is 34.4 Å². The maximum absolute atomic E-state index is 13.7. The zero-order valence-corrected chi connectivity index (χ0v) is 9.74. The van der Waals surface area contributed by atoms with Crippen molar-refractivity contribution >= 4 is 0 Å². The number of hydrogen-bond acceptors (Lipinski definition) is 1. The van der Waals surface area contributed by atoms with Gasteiger partial charge in [0.1, 0.15) is 11.6 Å². The van der Waals surface area contributed by atoms with E-state index in [9.17, 15) is 8.78 Å². The molecule has 0 bridgehead atoms. The number of hydrogen-bond donors (Lipinski definition) is 1. The van der Waals surface area contributed by atoms with E-state index in [1.807, 2.05) is 6.92 Å². The fourth-order valence-electron chi connectivity index (χ4n) is 2.59. The Bertz CT molecular complexity index is 401. The Morgan fingerprint density at radius 2 is 2.12 bits per heavy atom. The van der Waals surface area contributed by atoms with Gasteiger partial charge in [-0.25, -0.2) is 8.78 Å². The maximum atomic E-state index is 13.7. The summed E-state index contributed by atoms with van der Waals surface area (Å²) in [5.41, 5.74) is 2.16. The van der Waals surface area contributed by atoms with Crippen molar-refractivity contribution in [2.75, 3.05) is 6.54 Å². The molecule has 0 amide bonds. The molecule has 0 spiro atoms. The number of benzene rings is 1. The van der Waals surface area contributed by atoms with Gasteiger partial charge in [0.25, 0.3) is 0 Å². The van der Waals surface area contributed by atoms with E-state index in [1.54, 1.807) is 6.92 Å². The lowest BCUT2D eigenvalue weighted by Gasteiger charge is -2.28. The molecule has 0 radical (unpaired) electrons. The van der Waals surface area contributed by atoms with Crippen LogP contribution < -0.4 is 5.32 Å². The molecule has 0 saturated heterocycles. The Balaban J connectivity index is 2.53. The molecule has 1 aromatic carbocycles. The predicted octanol–water partition coefficient (Wildman–Crippen LogP) is 3.26. The lowest BCUT2D eigenvalue weighted by atomic mass is 9.84. The van der Waals surface area contributed by atoms with Crippen LogP contribution in [0.2, 0.25) is 0 Å². The summed E-state index contributed by atoms with van der Waals surface area (Å²) in [4.78, 5) is 0. The van der Waals surface area contributed by atoms with Crippen LogP contribution in [0, 0.1) is 18.6 Å². The smallest absolute Gasteiger partial charge is 0.129 e. The molecule has 0 heterocycles. The molecule has 1 aliphatic carbocycles. The molecule has 1 nitrogen and oxygen atoms in total. The van der Waals surface area contributed by atoms with E-state index in [2.05, 4.69) is 5.32 Å². The Morgan fingerprint density at radius 3 is 2.81 bits per heavy atom. The predicted molar refractivity (Wildman–Crippen MR) is 60.5 cm³/mol. The largest absolute Gasteiger partial charge is 0.310 e. The molecule has 0 aromatic heterocycles. The fraction of sp³-hybridized carbons (Fsp3) is 0.538. The van der Waals surface area contributed by atoms with Crippen LogP contribution >= 0.6 is 0 Å². The lowest BCUT2D eigenvalue weighted by Crippen LogP contribution is -2.27. The van der Waals surface area contributed by atoms with Crippen LogP contribution in [0.15, 0.2) is 6.07 Å². The van der Waals surface area contributed by atoms with Crippen LogP contribution in [0.25, 0.3) is 0 Å². The van der Waals surface area contributed by atoms with Gasteiger partial charge in [-0.15, -0.1) is 0 Å². The highest BCUT2D eigenvalue weighted by Gasteiger charge is 2.25. The summed E-state index contributed by atoms with van der Waals surface area (Å²) in [7, 11) is 0. The van der Waals surface area contributed by atoms with Gasteiger partial charge in [-0.05, 0) is 49.4 Å². The highest BCUT2D eigenvalue weighted by molar-refractivity contribution is 5.40. The van der Waals surface area contributed by atoms with Gasteiger partial charge in [0.2, 0.25) is 0 Å². The molecular weight excluding hydrogens is 208 g/mol. The minimum absolute atomic E-state index is 0.110. The lowest BCUT2D eigenvalue weighted by molar-refractivity contribution is 0.448. The van der Waals surface area contributed by atoms with Crippen LogP contribution in [-0.4, -0.2) is 6.54 Å². The third kappa shape index (κ3) is 1.84. The van der Waals surface area contributed by atoms with Gasteiger partial charge in [-0.1, -0.05) is 6.92 Å². The Morgan fingerprint density at radius 1 is 1.38 bits per heavy atom. The summed E-state index contributed by atoms with van der Waals surface area (Å²) < 4.78 is 27.2. The summed E-state index contributed by atoms with van der Waals surface area (Å²) in [5.74, 6) is -0.818. The molecule has 0 aliphatic heterocycles. The van der Waals surface area contributed by atoms with Gasteiger partial charge in [0, 0.05) is 12.1 Å². The molecule has 88 valence electrons. The normalized spacial score (nSPS) is 19.6. The third-order valence-corrected chi connectivity index (χ3v) is 3.35. The second-order valence-electron chi connectivity index (χ2n) is 4.36. The van der Waals surface area contributed by atoms with Gasteiger partial charge >= 0.3 is 0 Å². The molecular formula is C13H17F2N. The molecule has 1 unspecified atom stereocenters. The topological polar surface area (TPSA) is 12.0 Å². The fourth-order valence-corrected chi connectivity index (χ4v) is 2.59. The van der Waals surface area contributed by atoms with Crippen molar-refractivity contribution < 1.29 is 8.78 Å². The first kappa shape index (κ1) is 11.5. The number of rotatable bonds is 2. The van der Waals surface area contributed by atoms with E-state index in [0.29, 0.717) is 11.1 Å². The van der Waals surface area contributed by atoms with Crippen molar-refractivity contribution in [2.24, 2.45) is 0 Å². The highest BCUT2D eigenvalue weighted by atomic mass is 19.1. The zero-order valence-electron chi connectivity index (χ0n) is 9.74. The van der Waals surface area contributed by atoms with E-state index in [0.717, 1.165) is 37.4 Å². The summed E-state index contributed by atoms with van der Waals surface area (Å²) in [5, 5.41) is 3.30. The van der Waals surface area contributed by atoms with Crippen molar-refractivity contribution in [3.8, 4) is 0 Å². The highest BCUT2D eigenvalue weighted by Crippen LogP contribution is 2.34. The van der Waals surface area contributed by atoms with Crippen LogP contribution in [0.1, 0.15) is 42.5 Å². The maximum Gasteiger partial charge on any atom is 0.129 e. The van der Waals surface area contributed by atoms with E-state index in [-0.39, 0.29) is 11.9 Å². The Hall–Kier alpha value is -0.960. The first-order chi connectivity index (χ1) is 7.65. The van der Waals surface area contributed by atoms with Gasteiger partial charge in [-0.2, -0.15) is 0 Å². The second-order valence-corrected chi connectivity index (χ2v) is 4.36. The molecule has 1 atom stereocenters. The zero-order chi connectivity index (χ0) is 11.7. The Labute approximate surface area is 94.9 Å². The van der Waals surface area contributed by atoms with Gasteiger partial charge < -0.3 is 5.32 Å². The SMILES string of the molecule is CCNC1CCCc2c(F)cc(F)c(C)c21. The molecule has 2 rings (SSSR count). The average Bonchev–Trinajstić information content (AvgIpc) is 2.26. The van der Waals surface area contributed by atoms with Crippen LogP contribution in [-0.2, 0) is 6.42 Å². The van der Waals surface area contributed by atoms with Gasteiger partial charge in [0.15, 0.2) is 0 Å². The molecule has 3 heteroatoms. The molecule has 1 N–H and O–H groups in total. The second kappa shape index (κ2) is 4.50. The Kier molecular flexibility index (Phi) is 3.24. The van der Waals surface area contributed by atoms with E-state index < -0.39 is 5.82 Å². The average molecular weight is 225 g/mol. The van der Waals surface area contributed by atoms with Crippen LogP contribution in [0.3, 0.4) is 0 Å². The minimum atomic E-state index is -0.430. The van der Waals surface area contributed by atoms with Crippen molar-refractivity contribution in [1.82, 2.24) is 5.32 Å². The van der Waals surface area contributed by atoms with Crippen molar-refractivity contribution in [2.45, 2.75) is 39.2 Å². The molecule has 1 aliphatic rings. The number of halogens is 2. The monoisotopic (exact) mass is 225 g/mol. The summed E-state index contributed by atoms with van der Waals surface area (Å²) >= 11 is 0. The standard InChI is InChI=1S/C13H17F2N/c1-3-16-12-6-4-5-9-11(15)7-10(14)8(2)13(9)12/h7,12,16H,3-6H2,1-2H3. The van der Waals surface area contributed by atoms with Gasteiger partial charge in [-0.3, -0.25) is 0 Å². The van der Waals surface area contributed by atoms with Crippen LogP contribution in [0.5, 0.6) is 0 Å². The number of fused-ring (bicyclic) bond motifs is 1. The van der Waals surface area contributed by atoms with Gasteiger partial charge in [0.05, 0.1) is 0 Å². The molecule has 0 fully saturated rings. The first-order valence-electron chi connectivity index (χ1n) is 5.86. The van der Waals surface area contributed by atoms with E-state index in [1.165, 1.54) is 0 Å². The van der Waals surface area contributed by atoms with Crippen molar-refractivity contribution in [1.29, 1.82) is 0 Å². The molecule has 0 saturated carbocycles. The summed E-state index contributed by atoms with van der Waals surface area (Å²) in [6, 6.07) is 1.13. The summed E-state index contributed by atoms with van der Waals surface area (Å²) in [6.45, 7) is 4.57. The minimum Gasteiger partial charge on any atom is -0.310 e. The summed E-state index contributed by atoms with van der Waals surface area (Å²) in [6.07, 6.45) is 2.65. The van der Waals surface area contributed by atoms with Crippen molar-refractivity contribution in [3.63, 3.8) is 0 Å². The van der Waals surface area contributed by atoms with Crippen LogP contribution in [0.4, 0.5) is 8.78 Å². The molecule has 16 heavy (non-hydrogen) atoms.